The van der Waals surface area contributed by atoms with Crippen LogP contribution in [0, 0.1) is 5.41 Å². The fourth-order valence-electron chi connectivity index (χ4n) is 4.50. The number of carbonyl (C=O) groups excluding carboxylic acids is 3. The van der Waals surface area contributed by atoms with E-state index in [9.17, 15) is 14.4 Å². The Morgan fingerprint density at radius 3 is 2.42 bits per heavy atom. The summed E-state index contributed by atoms with van der Waals surface area (Å²) in [7, 11) is 1.46. The Morgan fingerprint density at radius 1 is 1.05 bits per heavy atom. The number of hydrogen-bond acceptors (Lipinski definition) is 7. The number of fused-ring (bicyclic) bond motifs is 1. The maximum absolute atomic E-state index is 13.8. The number of carbonyl (C=O) groups is 3. The van der Waals surface area contributed by atoms with Crippen LogP contribution in [0.4, 0.5) is 4.79 Å². The monoisotopic (exact) mass is 520 g/mol. The number of likely N-dealkylation sites (tertiary alicyclic amines) is 1. The second-order valence-corrected chi connectivity index (χ2v) is 10.2. The largest absolute Gasteiger partial charge is 0.493 e. The second-order valence-electron chi connectivity index (χ2n) is 10.2. The van der Waals surface area contributed by atoms with Gasteiger partial charge in [0.05, 0.1) is 13.7 Å². The number of nitrogens with one attached hydrogen (secondary N) is 1. The molecule has 3 aromatic rings. The van der Waals surface area contributed by atoms with Crippen LogP contribution in [0.3, 0.4) is 0 Å². The van der Waals surface area contributed by atoms with Crippen molar-refractivity contribution in [2.24, 2.45) is 11.1 Å². The molecular weight excluding hydrogens is 488 g/mol. The van der Waals surface area contributed by atoms with Crippen LogP contribution < -0.4 is 25.3 Å². The van der Waals surface area contributed by atoms with E-state index in [1.807, 2.05) is 51.1 Å². The first-order chi connectivity index (χ1) is 18.1. The number of pyridine rings is 1. The van der Waals surface area contributed by atoms with Gasteiger partial charge in [-0.3, -0.25) is 9.59 Å². The van der Waals surface area contributed by atoms with Gasteiger partial charge in [-0.1, -0.05) is 51.1 Å². The summed E-state index contributed by atoms with van der Waals surface area (Å²) in [6.07, 6.45) is 0.504. The average Bonchev–Trinajstić information content (AvgIpc) is 3.31. The highest BCUT2D eigenvalue weighted by Gasteiger charge is 2.45. The lowest BCUT2D eigenvalue weighted by molar-refractivity contribution is -0.141. The van der Waals surface area contributed by atoms with E-state index in [2.05, 4.69) is 10.3 Å². The molecule has 0 radical (unpaired) electrons. The smallest absolute Gasteiger partial charge is 0.413 e. The Labute approximate surface area is 221 Å². The van der Waals surface area contributed by atoms with Crippen LogP contribution in [-0.4, -0.2) is 59.6 Å². The molecule has 0 spiro atoms. The molecule has 1 saturated heterocycles. The lowest BCUT2D eigenvalue weighted by Crippen LogP contribution is -2.57. The van der Waals surface area contributed by atoms with Gasteiger partial charge in [0, 0.05) is 18.0 Å². The van der Waals surface area contributed by atoms with Crippen LogP contribution in [0.1, 0.15) is 27.2 Å². The zero-order chi connectivity index (χ0) is 27.4. The first-order valence-corrected chi connectivity index (χ1v) is 12.3. The van der Waals surface area contributed by atoms with Crippen LogP contribution in [0.2, 0.25) is 0 Å². The van der Waals surface area contributed by atoms with Gasteiger partial charge in [-0.05, 0) is 35.1 Å². The van der Waals surface area contributed by atoms with Gasteiger partial charge in [-0.15, -0.1) is 0 Å². The van der Waals surface area contributed by atoms with Crippen molar-refractivity contribution in [1.82, 2.24) is 15.2 Å². The summed E-state index contributed by atoms with van der Waals surface area (Å²) in [6.45, 7) is 5.53. The highest BCUT2D eigenvalue weighted by molar-refractivity contribution is 5.92. The molecule has 2 heterocycles. The first kappa shape index (κ1) is 26.7. The van der Waals surface area contributed by atoms with Crippen molar-refractivity contribution >= 4 is 28.7 Å². The third-order valence-electron chi connectivity index (χ3n) is 6.44. The quantitative estimate of drug-likeness (QED) is 0.488. The minimum absolute atomic E-state index is 0.104. The molecule has 10 nitrogen and oxygen atoms in total. The van der Waals surface area contributed by atoms with E-state index in [1.165, 1.54) is 12.0 Å². The number of amides is 3. The van der Waals surface area contributed by atoms with E-state index in [1.54, 1.807) is 30.5 Å². The normalized spacial score (nSPS) is 18.1. The van der Waals surface area contributed by atoms with Crippen LogP contribution >= 0.6 is 0 Å². The summed E-state index contributed by atoms with van der Waals surface area (Å²) >= 11 is 0. The predicted molar refractivity (Wildman–Crippen MR) is 141 cm³/mol. The van der Waals surface area contributed by atoms with Crippen molar-refractivity contribution in [2.45, 2.75) is 45.4 Å². The Balaban J connectivity index is 1.53. The number of hydrogen-bond donors (Lipinski definition) is 2. The molecule has 3 atom stereocenters. The number of para-hydroxylation sites is 2. The summed E-state index contributed by atoms with van der Waals surface area (Å²) in [5.74, 6) is -0.122. The number of benzene rings is 2. The molecule has 1 aliphatic heterocycles. The van der Waals surface area contributed by atoms with Gasteiger partial charge in [0.25, 0.3) is 0 Å². The van der Waals surface area contributed by atoms with Crippen molar-refractivity contribution in [3.8, 4) is 17.4 Å². The van der Waals surface area contributed by atoms with E-state index >= 15 is 0 Å². The van der Waals surface area contributed by atoms with Crippen molar-refractivity contribution in [3.05, 3.63) is 60.8 Å². The van der Waals surface area contributed by atoms with Gasteiger partial charge in [0.15, 0.2) is 11.5 Å². The number of ether oxygens (including phenoxy) is 3. The molecule has 10 heteroatoms. The maximum Gasteiger partial charge on any atom is 0.413 e. The molecule has 200 valence electrons. The second kappa shape index (κ2) is 11.0. The summed E-state index contributed by atoms with van der Waals surface area (Å²) < 4.78 is 16.8. The first-order valence-electron chi connectivity index (χ1n) is 12.3. The molecule has 0 saturated carbocycles. The van der Waals surface area contributed by atoms with Crippen molar-refractivity contribution < 1.29 is 28.6 Å². The summed E-state index contributed by atoms with van der Waals surface area (Å²) in [5, 5.41) is 4.45. The number of rotatable bonds is 7. The molecular formula is C28H32N4O6. The highest BCUT2D eigenvalue weighted by atomic mass is 16.6. The van der Waals surface area contributed by atoms with Gasteiger partial charge < -0.3 is 30.2 Å². The Morgan fingerprint density at radius 2 is 1.74 bits per heavy atom. The molecule has 4 rings (SSSR count). The van der Waals surface area contributed by atoms with E-state index in [4.69, 9.17) is 19.9 Å². The maximum atomic E-state index is 13.8. The van der Waals surface area contributed by atoms with Gasteiger partial charge in [-0.25, -0.2) is 9.78 Å². The summed E-state index contributed by atoms with van der Waals surface area (Å²) in [6, 6.07) is 14.3. The van der Waals surface area contributed by atoms with Crippen molar-refractivity contribution in [3.63, 3.8) is 0 Å². The molecule has 0 aliphatic carbocycles. The van der Waals surface area contributed by atoms with Crippen molar-refractivity contribution in [1.29, 1.82) is 0 Å². The number of nitrogens with zero attached hydrogens (tertiary/aromatic N) is 2. The summed E-state index contributed by atoms with van der Waals surface area (Å²) in [4.78, 5) is 44.7. The zero-order valence-electron chi connectivity index (χ0n) is 21.8. The van der Waals surface area contributed by atoms with Crippen LogP contribution in [-0.2, 0) is 9.59 Å². The van der Waals surface area contributed by atoms with Crippen molar-refractivity contribution in [2.75, 3.05) is 13.7 Å². The zero-order valence-corrected chi connectivity index (χ0v) is 21.8. The van der Waals surface area contributed by atoms with Gasteiger partial charge in [-0.2, -0.15) is 0 Å². The molecule has 1 aliphatic rings. The fraction of sp³-hybridized carbons (Fsp3) is 0.357. The molecule has 38 heavy (non-hydrogen) atoms. The minimum atomic E-state index is -1.01. The Bertz CT molecular complexity index is 1330. The molecule has 0 bridgehead atoms. The highest BCUT2D eigenvalue weighted by Crippen LogP contribution is 2.31. The number of nitrogens with two attached hydrogens (primary N) is 1. The predicted octanol–water partition coefficient (Wildman–Crippen LogP) is 3.28. The Hall–Kier alpha value is -4.34. The Kier molecular flexibility index (Phi) is 7.70. The minimum Gasteiger partial charge on any atom is -0.493 e. The van der Waals surface area contributed by atoms with Crippen LogP contribution in [0.15, 0.2) is 60.8 Å². The fourth-order valence-corrected chi connectivity index (χ4v) is 4.50. The third kappa shape index (κ3) is 5.80. The number of primary amides is 1. The summed E-state index contributed by atoms with van der Waals surface area (Å²) in [5.41, 5.74) is 4.97. The average molecular weight is 521 g/mol. The molecule has 3 amide bonds. The molecule has 3 N–H and O–H groups in total. The standard InChI is InChI=1S/C28H32N4O6/c1-28(2,3)23(31-27(35)38-22-12-8-7-11-21(22)36-4)26(34)32-16-18(15-20(32)24(29)33)37-25-19-10-6-5-9-17(19)13-14-30-25/h5-14,18,20,23H,15-16H2,1-4H3,(H2,29,33)(H,31,35)/t18-,20+,23-/m1/s1. The van der Waals surface area contributed by atoms with E-state index in [0.29, 0.717) is 11.6 Å². The number of methoxy groups -OCH3 is 1. The van der Waals surface area contributed by atoms with Crippen LogP contribution in [0.5, 0.6) is 17.4 Å². The molecule has 1 aromatic heterocycles. The van der Waals surface area contributed by atoms with Gasteiger partial charge in [0.2, 0.25) is 17.7 Å². The van der Waals surface area contributed by atoms with E-state index < -0.39 is 41.5 Å². The lowest BCUT2D eigenvalue weighted by atomic mass is 9.85. The van der Waals surface area contributed by atoms with E-state index in [0.717, 1.165) is 10.8 Å². The third-order valence-corrected chi connectivity index (χ3v) is 6.44. The topological polar surface area (TPSA) is 133 Å². The molecule has 1 fully saturated rings. The van der Waals surface area contributed by atoms with Gasteiger partial charge in [0.1, 0.15) is 18.2 Å². The lowest BCUT2D eigenvalue weighted by Gasteiger charge is -2.34. The van der Waals surface area contributed by atoms with Gasteiger partial charge >= 0.3 is 6.09 Å². The number of aromatic nitrogens is 1. The SMILES string of the molecule is COc1ccccc1OC(=O)N[C@H](C(=O)N1C[C@H](Oc2nccc3ccccc23)C[C@H]1C(N)=O)C(C)(C)C. The van der Waals surface area contributed by atoms with E-state index in [-0.39, 0.29) is 18.7 Å². The molecule has 2 aromatic carbocycles. The molecule has 0 unspecified atom stereocenters. The van der Waals surface area contributed by atoms with Crippen LogP contribution in [0.25, 0.3) is 10.8 Å².